The Morgan fingerprint density at radius 3 is 2.79 bits per heavy atom. The fourth-order valence-corrected chi connectivity index (χ4v) is 5.25. The second-order valence-electron chi connectivity index (χ2n) is 7.66. The summed E-state index contributed by atoms with van der Waals surface area (Å²) < 4.78 is 6.67. The van der Waals surface area contributed by atoms with Gasteiger partial charge in [-0.25, -0.2) is 9.78 Å². The number of piperidine rings is 1. The van der Waals surface area contributed by atoms with Gasteiger partial charge in [0, 0.05) is 23.9 Å². The number of likely N-dealkylation sites (tertiary alicyclic amines) is 1. The summed E-state index contributed by atoms with van der Waals surface area (Å²) in [7, 11) is 0. The van der Waals surface area contributed by atoms with Crippen molar-refractivity contribution in [3.63, 3.8) is 0 Å². The van der Waals surface area contributed by atoms with E-state index in [9.17, 15) is 4.79 Å². The van der Waals surface area contributed by atoms with Crippen LogP contribution in [0.3, 0.4) is 0 Å². The first-order valence-corrected chi connectivity index (χ1v) is 10.6. The summed E-state index contributed by atoms with van der Waals surface area (Å²) in [5.41, 5.74) is 3.70. The number of nitrogens with zero attached hydrogens (tertiary/aromatic N) is 2. The fourth-order valence-electron chi connectivity index (χ4n) is 4.11. The van der Waals surface area contributed by atoms with Crippen molar-refractivity contribution >= 4 is 32.5 Å². The van der Waals surface area contributed by atoms with Gasteiger partial charge in [0.25, 0.3) is 0 Å². The largest absolute Gasteiger partial charge is 0.423 e. The SMILES string of the molecule is Cc1ccc2c(CN3CCC(c4nc5ccccc5s4)CC3)cc(=O)oc2c1. The minimum absolute atomic E-state index is 0.266. The number of hydrogen-bond acceptors (Lipinski definition) is 5. The van der Waals surface area contributed by atoms with E-state index >= 15 is 0 Å². The molecule has 0 atom stereocenters. The molecular formula is C23H22N2O2S. The first-order chi connectivity index (χ1) is 13.7. The lowest BCUT2D eigenvalue weighted by Gasteiger charge is -2.31. The Labute approximate surface area is 167 Å². The minimum Gasteiger partial charge on any atom is -0.423 e. The third kappa shape index (κ3) is 3.36. The monoisotopic (exact) mass is 390 g/mol. The maximum absolute atomic E-state index is 12.0. The number of aromatic nitrogens is 1. The number of rotatable bonds is 3. The maximum Gasteiger partial charge on any atom is 0.336 e. The average molecular weight is 391 g/mol. The van der Waals surface area contributed by atoms with Crippen LogP contribution in [-0.4, -0.2) is 23.0 Å². The van der Waals surface area contributed by atoms with Gasteiger partial charge in [-0.05, 0) is 62.2 Å². The highest BCUT2D eigenvalue weighted by atomic mass is 32.1. The molecule has 2 aromatic heterocycles. The van der Waals surface area contributed by atoms with Gasteiger partial charge >= 0.3 is 5.63 Å². The van der Waals surface area contributed by atoms with Crippen molar-refractivity contribution in [2.24, 2.45) is 0 Å². The molecule has 142 valence electrons. The van der Waals surface area contributed by atoms with Crippen molar-refractivity contribution in [1.29, 1.82) is 0 Å². The Morgan fingerprint density at radius 1 is 1.14 bits per heavy atom. The van der Waals surface area contributed by atoms with Crippen LogP contribution in [-0.2, 0) is 6.54 Å². The lowest BCUT2D eigenvalue weighted by molar-refractivity contribution is 0.205. The molecule has 0 saturated carbocycles. The summed E-state index contributed by atoms with van der Waals surface area (Å²) >= 11 is 1.83. The third-order valence-electron chi connectivity index (χ3n) is 5.63. The van der Waals surface area contributed by atoms with E-state index in [2.05, 4.69) is 41.3 Å². The van der Waals surface area contributed by atoms with Crippen LogP contribution in [0.25, 0.3) is 21.2 Å². The van der Waals surface area contributed by atoms with Crippen LogP contribution in [0.15, 0.2) is 57.7 Å². The van der Waals surface area contributed by atoms with Crippen LogP contribution in [0.4, 0.5) is 0 Å². The lowest BCUT2D eigenvalue weighted by Crippen LogP contribution is -2.32. The Morgan fingerprint density at radius 2 is 1.96 bits per heavy atom. The van der Waals surface area contributed by atoms with Crippen molar-refractivity contribution in [2.75, 3.05) is 13.1 Å². The molecule has 0 unspecified atom stereocenters. The molecule has 5 heteroatoms. The number of aryl methyl sites for hydroxylation is 1. The first-order valence-electron chi connectivity index (χ1n) is 9.77. The molecule has 2 aromatic carbocycles. The lowest BCUT2D eigenvalue weighted by atomic mass is 9.97. The van der Waals surface area contributed by atoms with E-state index in [4.69, 9.17) is 9.40 Å². The zero-order valence-electron chi connectivity index (χ0n) is 15.9. The standard InChI is InChI=1S/C23H22N2O2S/c1-15-6-7-18-17(13-22(26)27-20(18)12-15)14-25-10-8-16(9-11-25)23-24-19-4-2-3-5-21(19)28-23/h2-7,12-13,16H,8-11,14H2,1H3. The van der Waals surface area contributed by atoms with Gasteiger partial charge in [-0.1, -0.05) is 24.3 Å². The van der Waals surface area contributed by atoms with Gasteiger partial charge in [0.1, 0.15) is 5.58 Å². The summed E-state index contributed by atoms with van der Waals surface area (Å²) in [6, 6.07) is 16.1. The molecule has 0 radical (unpaired) electrons. The van der Waals surface area contributed by atoms with Crippen molar-refractivity contribution in [3.05, 3.63) is 75.1 Å². The van der Waals surface area contributed by atoms with E-state index in [0.29, 0.717) is 11.5 Å². The number of fused-ring (bicyclic) bond motifs is 2. The van der Waals surface area contributed by atoms with Gasteiger partial charge in [0.2, 0.25) is 0 Å². The molecule has 0 amide bonds. The Balaban J connectivity index is 1.32. The smallest absolute Gasteiger partial charge is 0.336 e. The highest BCUT2D eigenvalue weighted by molar-refractivity contribution is 7.18. The zero-order valence-corrected chi connectivity index (χ0v) is 16.7. The highest BCUT2D eigenvalue weighted by Gasteiger charge is 2.24. The molecule has 0 aliphatic carbocycles. The maximum atomic E-state index is 12.0. The van der Waals surface area contributed by atoms with Crippen LogP contribution in [0, 0.1) is 6.92 Å². The Hall–Kier alpha value is -2.50. The van der Waals surface area contributed by atoms with Gasteiger partial charge < -0.3 is 4.42 Å². The van der Waals surface area contributed by atoms with E-state index in [1.807, 2.05) is 24.3 Å². The molecular weight excluding hydrogens is 368 g/mol. The van der Waals surface area contributed by atoms with Crippen molar-refractivity contribution in [3.8, 4) is 0 Å². The fraction of sp³-hybridized carbons (Fsp3) is 0.304. The summed E-state index contributed by atoms with van der Waals surface area (Å²) in [5.74, 6) is 0.536. The molecule has 0 bridgehead atoms. The summed E-state index contributed by atoms with van der Waals surface area (Å²) in [5, 5.41) is 2.31. The minimum atomic E-state index is -0.266. The van der Waals surface area contributed by atoms with E-state index in [1.54, 1.807) is 6.07 Å². The van der Waals surface area contributed by atoms with E-state index in [-0.39, 0.29) is 5.63 Å². The van der Waals surface area contributed by atoms with Gasteiger partial charge in [0.05, 0.1) is 15.2 Å². The van der Waals surface area contributed by atoms with Crippen LogP contribution in [0.1, 0.15) is 34.9 Å². The molecule has 0 spiro atoms. The number of benzene rings is 2. The zero-order chi connectivity index (χ0) is 19.1. The average Bonchev–Trinajstić information content (AvgIpc) is 3.12. The van der Waals surface area contributed by atoms with Gasteiger partial charge in [-0.3, -0.25) is 4.90 Å². The number of para-hydroxylation sites is 1. The van der Waals surface area contributed by atoms with Gasteiger partial charge in [0.15, 0.2) is 0 Å². The van der Waals surface area contributed by atoms with E-state index < -0.39 is 0 Å². The van der Waals surface area contributed by atoms with Crippen molar-refractivity contribution in [2.45, 2.75) is 32.2 Å². The number of hydrogen-bond donors (Lipinski definition) is 0. The summed E-state index contributed by atoms with van der Waals surface area (Å²) in [6.45, 7) is 4.85. The summed E-state index contributed by atoms with van der Waals surface area (Å²) in [4.78, 5) is 19.3. The van der Waals surface area contributed by atoms with Crippen LogP contribution >= 0.6 is 11.3 Å². The van der Waals surface area contributed by atoms with Crippen LogP contribution < -0.4 is 5.63 Å². The topological polar surface area (TPSA) is 46.3 Å². The summed E-state index contributed by atoms with van der Waals surface area (Å²) in [6.07, 6.45) is 2.22. The predicted molar refractivity (Wildman–Crippen MR) is 114 cm³/mol. The number of thiazole rings is 1. The van der Waals surface area contributed by atoms with E-state index in [0.717, 1.165) is 54.5 Å². The van der Waals surface area contributed by atoms with Crippen LogP contribution in [0.5, 0.6) is 0 Å². The van der Waals surface area contributed by atoms with Gasteiger partial charge in [-0.15, -0.1) is 11.3 Å². The highest BCUT2D eigenvalue weighted by Crippen LogP contribution is 2.34. The molecule has 1 saturated heterocycles. The first kappa shape index (κ1) is 17.6. The van der Waals surface area contributed by atoms with Crippen molar-refractivity contribution < 1.29 is 4.42 Å². The molecule has 1 aliphatic rings. The molecule has 0 N–H and O–H groups in total. The third-order valence-corrected chi connectivity index (χ3v) is 6.83. The molecule has 4 aromatic rings. The molecule has 4 nitrogen and oxygen atoms in total. The second-order valence-corrected chi connectivity index (χ2v) is 8.72. The molecule has 1 fully saturated rings. The Kier molecular flexibility index (Phi) is 4.49. The van der Waals surface area contributed by atoms with Crippen LogP contribution in [0.2, 0.25) is 0 Å². The Bertz CT molecular complexity index is 1170. The molecule has 1 aliphatic heterocycles. The second kappa shape index (κ2) is 7.15. The molecule has 5 rings (SSSR count). The molecule has 28 heavy (non-hydrogen) atoms. The quantitative estimate of drug-likeness (QED) is 0.457. The molecule has 3 heterocycles. The van der Waals surface area contributed by atoms with Crippen molar-refractivity contribution in [1.82, 2.24) is 9.88 Å². The van der Waals surface area contributed by atoms with Gasteiger partial charge in [-0.2, -0.15) is 0 Å². The normalized spacial score (nSPS) is 16.2. The predicted octanol–water partition coefficient (Wildman–Crippen LogP) is 5.09. The van der Waals surface area contributed by atoms with E-state index in [1.165, 1.54) is 9.71 Å².